The van der Waals surface area contributed by atoms with Crippen molar-refractivity contribution in [2.75, 3.05) is 13.1 Å². The number of likely N-dealkylation sites (tertiary alicyclic amines) is 1. The van der Waals surface area contributed by atoms with E-state index in [-0.39, 0.29) is 41.7 Å². The van der Waals surface area contributed by atoms with Crippen LogP contribution in [0.1, 0.15) is 91.9 Å². The molecule has 1 aliphatic heterocycles. The minimum atomic E-state index is -0.985. The number of ketones is 1. The van der Waals surface area contributed by atoms with Gasteiger partial charge in [-0.2, -0.15) is 0 Å². The van der Waals surface area contributed by atoms with Gasteiger partial charge in [0.1, 0.15) is 18.2 Å². The number of Topliss-reactive ketones (excluding diaryl/α,β-unsaturated/α-hetero) is 1. The lowest BCUT2D eigenvalue weighted by Crippen LogP contribution is -2.59. The van der Waals surface area contributed by atoms with E-state index in [1.54, 1.807) is 4.90 Å². The second kappa shape index (κ2) is 13.6. The monoisotopic (exact) mass is 586 g/mol. The van der Waals surface area contributed by atoms with E-state index in [2.05, 4.69) is 43.3 Å². The number of carbonyl (C=O) groups is 5. The summed E-state index contributed by atoms with van der Waals surface area (Å²) >= 11 is 0. The maximum atomic E-state index is 14.3. The molecular weight excluding hydrogens is 536 g/mol. The zero-order chi connectivity index (χ0) is 30.6. The summed E-state index contributed by atoms with van der Waals surface area (Å²) < 4.78 is 5.73. The summed E-state index contributed by atoms with van der Waals surface area (Å²) in [5, 5.41) is 8.25. The Kier molecular flexibility index (Phi) is 10.4. The van der Waals surface area contributed by atoms with Gasteiger partial charge in [-0.1, -0.05) is 59.5 Å². The molecule has 10 heteroatoms. The molecule has 4 rings (SSSR count). The molecule has 10 nitrogen and oxygen atoms in total. The summed E-state index contributed by atoms with van der Waals surface area (Å²) in [6.07, 6.45) is 9.07. The first-order valence-corrected chi connectivity index (χ1v) is 16.0. The van der Waals surface area contributed by atoms with Crippen molar-refractivity contribution in [3.63, 3.8) is 0 Å². The highest BCUT2D eigenvalue weighted by atomic mass is 16.6. The maximum absolute atomic E-state index is 14.3. The van der Waals surface area contributed by atoms with Gasteiger partial charge in [0.25, 0.3) is 5.91 Å². The van der Waals surface area contributed by atoms with Gasteiger partial charge in [-0.15, -0.1) is 6.58 Å². The fraction of sp³-hybridized carbons (Fsp3) is 0.781. The number of alkyl carbamates (subject to hydrolysis) is 1. The number of ether oxygens (including phenoxy) is 1. The van der Waals surface area contributed by atoms with Crippen LogP contribution in [0.2, 0.25) is 0 Å². The number of rotatable bonds is 12. The van der Waals surface area contributed by atoms with E-state index in [9.17, 15) is 24.0 Å². The van der Waals surface area contributed by atoms with Crippen molar-refractivity contribution in [1.82, 2.24) is 20.9 Å². The van der Waals surface area contributed by atoms with Crippen molar-refractivity contribution < 1.29 is 28.7 Å². The summed E-state index contributed by atoms with van der Waals surface area (Å²) in [5.41, 5.74) is -0.129. The molecule has 1 heterocycles. The Morgan fingerprint density at radius 2 is 1.76 bits per heavy atom. The van der Waals surface area contributed by atoms with E-state index in [1.165, 1.54) is 6.08 Å². The molecule has 0 radical (unpaired) electrons. The van der Waals surface area contributed by atoms with Crippen LogP contribution in [-0.2, 0) is 23.9 Å². The topological polar surface area (TPSA) is 134 Å². The predicted molar refractivity (Wildman–Crippen MR) is 158 cm³/mol. The second-order valence-corrected chi connectivity index (χ2v) is 13.6. The highest BCUT2D eigenvalue weighted by Gasteiger charge is 2.69. The van der Waals surface area contributed by atoms with Crippen LogP contribution in [0.3, 0.4) is 0 Å². The van der Waals surface area contributed by atoms with Gasteiger partial charge in [0.15, 0.2) is 0 Å². The summed E-state index contributed by atoms with van der Waals surface area (Å²) in [7, 11) is 0. The fourth-order valence-electron chi connectivity index (χ4n) is 7.64. The molecule has 0 bridgehead atoms. The molecule has 4 fully saturated rings. The van der Waals surface area contributed by atoms with Crippen LogP contribution in [0.15, 0.2) is 12.7 Å². The summed E-state index contributed by atoms with van der Waals surface area (Å²) in [5.74, 6) is -1.60. The number of nitrogens with one attached hydrogen (secondary N) is 3. The van der Waals surface area contributed by atoms with E-state index in [0.29, 0.717) is 25.3 Å². The van der Waals surface area contributed by atoms with E-state index in [1.807, 2.05) is 6.92 Å². The molecule has 7 unspecified atom stereocenters. The van der Waals surface area contributed by atoms with Crippen LogP contribution in [0.5, 0.6) is 0 Å². The largest absolute Gasteiger partial charge is 0.446 e. The van der Waals surface area contributed by atoms with Gasteiger partial charge >= 0.3 is 6.09 Å². The number of nitrogens with zero attached hydrogens (tertiary/aromatic N) is 1. The third-order valence-electron chi connectivity index (χ3n) is 10.2. The molecule has 0 aromatic rings. The number of fused-ring (bicyclic) bond motifs is 1. The normalized spacial score (nSPS) is 29.5. The first-order valence-electron chi connectivity index (χ1n) is 16.0. The fourth-order valence-corrected chi connectivity index (χ4v) is 7.64. The van der Waals surface area contributed by atoms with Crippen LogP contribution in [0, 0.1) is 29.1 Å². The Balaban J connectivity index is 1.52. The highest BCUT2D eigenvalue weighted by molar-refractivity contribution is 6.38. The van der Waals surface area contributed by atoms with Gasteiger partial charge in [-0.25, -0.2) is 4.79 Å². The van der Waals surface area contributed by atoms with E-state index < -0.39 is 41.8 Å². The second-order valence-electron chi connectivity index (χ2n) is 13.6. The van der Waals surface area contributed by atoms with Crippen molar-refractivity contribution in [2.24, 2.45) is 29.1 Å². The lowest BCUT2D eigenvalue weighted by molar-refractivity contribution is -0.145. The quantitative estimate of drug-likeness (QED) is 0.237. The van der Waals surface area contributed by atoms with Gasteiger partial charge in [-0.05, 0) is 67.6 Å². The summed E-state index contributed by atoms with van der Waals surface area (Å²) in [6.45, 7) is 12.3. The molecule has 3 aliphatic carbocycles. The van der Waals surface area contributed by atoms with Gasteiger partial charge in [0.05, 0.1) is 6.04 Å². The van der Waals surface area contributed by atoms with E-state index in [0.717, 1.165) is 51.4 Å². The Hall–Kier alpha value is -2.91. The van der Waals surface area contributed by atoms with Crippen LogP contribution >= 0.6 is 0 Å². The minimum Gasteiger partial charge on any atom is -0.446 e. The predicted octanol–water partition coefficient (Wildman–Crippen LogP) is 3.49. The average molecular weight is 587 g/mol. The third kappa shape index (κ3) is 7.00. The zero-order valence-electron chi connectivity index (χ0n) is 25.8. The molecule has 0 aromatic heterocycles. The van der Waals surface area contributed by atoms with Crippen molar-refractivity contribution in [2.45, 2.75) is 116 Å². The standard InChI is InChI=1S/C32H50N4O6/c1-6-11-23(27(37)29(39)33-16-7-2)34-28(38)26-24-22(32(24,4)5)18-36(26)30(40)25(20-12-9-8-10-13-20)35-31(41)42-21-15-14-19(3)17-21/h7,19-26H,2,6,8-18H2,1,3-5H3,(H,33,39)(H,34,38)(H,35,41). The van der Waals surface area contributed by atoms with E-state index in [4.69, 9.17) is 4.74 Å². The number of piperidine rings is 1. The first-order chi connectivity index (χ1) is 20.0. The lowest BCUT2D eigenvalue weighted by atomic mass is 9.83. The molecule has 234 valence electrons. The molecule has 4 aliphatic rings. The summed E-state index contributed by atoms with van der Waals surface area (Å²) in [4.78, 5) is 68.1. The Morgan fingerprint density at radius 1 is 1.05 bits per heavy atom. The van der Waals surface area contributed by atoms with Gasteiger partial charge in [0, 0.05) is 13.1 Å². The van der Waals surface area contributed by atoms with Crippen LogP contribution in [0.4, 0.5) is 4.79 Å². The zero-order valence-corrected chi connectivity index (χ0v) is 25.8. The molecule has 4 amide bonds. The molecule has 0 spiro atoms. The third-order valence-corrected chi connectivity index (χ3v) is 10.2. The average Bonchev–Trinajstić information content (AvgIpc) is 3.30. The molecule has 42 heavy (non-hydrogen) atoms. The smallest absolute Gasteiger partial charge is 0.408 e. The molecule has 3 saturated carbocycles. The van der Waals surface area contributed by atoms with Crippen molar-refractivity contribution in [3.05, 3.63) is 12.7 Å². The minimum absolute atomic E-state index is 0.0297. The molecular formula is C32H50N4O6. The molecule has 7 atom stereocenters. The highest BCUT2D eigenvalue weighted by Crippen LogP contribution is 2.65. The van der Waals surface area contributed by atoms with Crippen molar-refractivity contribution >= 4 is 29.6 Å². The van der Waals surface area contributed by atoms with Crippen LogP contribution < -0.4 is 16.0 Å². The molecule has 0 aromatic carbocycles. The Bertz CT molecular complexity index is 1050. The molecule has 1 saturated heterocycles. The van der Waals surface area contributed by atoms with Crippen molar-refractivity contribution in [1.29, 1.82) is 0 Å². The number of hydrogen-bond acceptors (Lipinski definition) is 6. The summed E-state index contributed by atoms with van der Waals surface area (Å²) in [6, 6.07) is -2.54. The van der Waals surface area contributed by atoms with Gasteiger partial charge in [0.2, 0.25) is 17.6 Å². The Morgan fingerprint density at radius 3 is 2.38 bits per heavy atom. The first kappa shape index (κ1) is 32.0. The number of amides is 4. The molecule has 3 N–H and O–H groups in total. The number of hydrogen-bond donors (Lipinski definition) is 3. The Labute approximate surface area is 250 Å². The van der Waals surface area contributed by atoms with Crippen LogP contribution in [0.25, 0.3) is 0 Å². The number of carbonyl (C=O) groups excluding carboxylic acids is 5. The van der Waals surface area contributed by atoms with Crippen LogP contribution in [-0.4, -0.2) is 71.8 Å². The van der Waals surface area contributed by atoms with E-state index >= 15 is 0 Å². The van der Waals surface area contributed by atoms with Gasteiger partial charge < -0.3 is 25.6 Å². The van der Waals surface area contributed by atoms with Gasteiger partial charge in [-0.3, -0.25) is 19.2 Å². The van der Waals surface area contributed by atoms with Crippen molar-refractivity contribution in [3.8, 4) is 0 Å². The maximum Gasteiger partial charge on any atom is 0.408 e. The SMILES string of the molecule is C=CCNC(=O)C(=O)C(CCC)NC(=O)C1C2C(CN1C(=O)C(NC(=O)OC1CCC(C)C1)C1CCCCC1)C2(C)C. The lowest BCUT2D eigenvalue weighted by Gasteiger charge is -2.37.